The van der Waals surface area contributed by atoms with Crippen molar-refractivity contribution < 1.29 is 18.1 Å². The predicted octanol–water partition coefficient (Wildman–Crippen LogP) is 3.62. The van der Waals surface area contributed by atoms with Gasteiger partial charge < -0.3 is 4.57 Å². The second-order valence-corrected chi connectivity index (χ2v) is 9.76. The second kappa shape index (κ2) is 9.44. The van der Waals surface area contributed by atoms with Gasteiger partial charge >= 0.3 is 0 Å². The summed E-state index contributed by atoms with van der Waals surface area (Å²) in [6, 6.07) is 12.1. The number of carbonyl (C=O) groups is 1. The summed E-state index contributed by atoms with van der Waals surface area (Å²) in [6.45, 7) is 4.00. The summed E-state index contributed by atoms with van der Waals surface area (Å²) in [7, 11) is -2.06. The number of hydrogen-bond acceptors (Lipinski definition) is 6. The van der Waals surface area contributed by atoms with Gasteiger partial charge in [0.2, 0.25) is 10.0 Å². The maximum absolute atomic E-state index is 13.0. The van der Waals surface area contributed by atoms with Gasteiger partial charge in [-0.1, -0.05) is 11.6 Å². The topological polar surface area (TPSA) is 129 Å². The number of likely N-dealkylation sites (N-methyl/N-ethyl adjacent to an activating group) is 1. The normalized spacial score (nSPS) is 11.7. The maximum atomic E-state index is 13.0. The minimum Gasteiger partial charge on any atom is -0.318 e. The monoisotopic (exact) mass is 490 g/mol. The number of aryl methyl sites for hydroxylation is 1. The highest BCUT2D eigenvalue weighted by Crippen LogP contribution is 2.25. The SMILES string of the molecule is Cc1cc(C(=O)CN(C)Cc2cc([N+](=O)[O-])ccc2Cl)c(C)n1-c1ccc(S(N)(=O)=O)cc1. The third kappa shape index (κ3) is 5.48. The number of nitrogens with zero attached hydrogens (tertiary/aromatic N) is 3. The van der Waals surface area contributed by atoms with Crippen LogP contribution in [0.3, 0.4) is 0 Å². The smallest absolute Gasteiger partial charge is 0.269 e. The molecule has 1 aromatic heterocycles. The van der Waals surface area contributed by atoms with Gasteiger partial charge in [-0.05, 0) is 62.9 Å². The van der Waals surface area contributed by atoms with Crippen LogP contribution in [0.4, 0.5) is 5.69 Å². The summed E-state index contributed by atoms with van der Waals surface area (Å²) in [5.41, 5.74) is 3.24. The number of halogens is 1. The van der Waals surface area contributed by atoms with Crippen molar-refractivity contribution in [2.75, 3.05) is 13.6 Å². The van der Waals surface area contributed by atoms with E-state index in [0.29, 0.717) is 27.5 Å². The number of ketones is 1. The molecule has 0 fully saturated rings. The highest BCUT2D eigenvalue weighted by Gasteiger charge is 2.19. The lowest BCUT2D eigenvalue weighted by molar-refractivity contribution is -0.384. The Bertz CT molecular complexity index is 1330. The van der Waals surface area contributed by atoms with E-state index in [9.17, 15) is 23.3 Å². The van der Waals surface area contributed by atoms with Crippen LogP contribution in [-0.4, -0.2) is 42.2 Å². The van der Waals surface area contributed by atoms with Gasteiger partial charge in [0.05, 0.1) is 16.4 Å². The van der Waals surface area contributed by atoms with Gasteiger partial charge in [-0.15, -0.1) is 0 Å². The molecule has 3 rings (SSSR count). The number of primary sulfonamides is 1. The molecule has 1 heterocycles. The molecule has 0 amide bonds. The molecular formula is C22H23ClN4O5S. The van der Waals surface area contributed by atoms with Gasteiger partial charge in [-0.3, -0.25) is 19.8 Å². The lowest BCUT2D eigenvalue weighted by Crippen LogP contribution is -2.26. The summed E-state index contributed by atoms with van der Waals surface area (Å²) < 4.78 is 24.8. The van der Waals surface area contributed by atoms with Gasteiger partial charge in [-0.25, -0.2) is 13.6 Å². The fraction of sp³-hybridized carbons (Fsp3) is 0.227. The standard InChI is InChI=1S/C22H23ClN4O5S/c1-14-10-20(15(2)26(14)17-4-7-19(8-5-17)33(24,31)32)22(28)13-25(3)12-16-11-18(27(29)30)6-9-21(16)23/h4-11H,12-13H2,1-3H3,(H2,24,31,32). The molecule has 0 atom stereocenters. The number of carbonyl (C=O) groups excluding carboxylic acids is 1. The Labute approximate surface area is 196 Å². The molecule has 9 nitrogen and oxygen atoms in total. The van der Waals surface area contributed by atoms with Gasteiger partial charge in [0.15, 0.2) is 5.78 Å². The number of rotatable bonds is 8. The minimum absolute atomic E-state index is 0.00597. The van der Waals surface area contributed by atoms with E-state index < -0.39 is 14.9 Å². The third-order valence-corrected chi connectivity index (χ3v) is 6.55. The second-order valence-electron chi connectivity index (χ2n) is 7.79. The highest BCUT2D eigenvalue weighted by molar-refractivity contribution is 7.89. The molecule has 0 radical (unpaired) electrons. The van der Waals surface area contributed by atoms with Crippen LogP contribution in [0.25, 0.3) is 5.69 Å². The summed E-state index contributed by atoms with van der Waals surface area (Å²) in [5.74, 6) is -0.125. The average Bonchev–Trinajstić information content (AvgIpc) is 3.03. The van der Waals surface area contributed by atoms with Gasteiger partial charge in [0, 0.05) is 46.3 Å². The third-order valence-electron chi connectivity index (χ3n) is 5.25. The van der Waals surface area contributed by atoms with Crippen LogP contribution in [0, 0.1) is 24.0 Å². The van der Waals surface area contributed by atoms with Crippen LogP contribution in [0.1, 0.15) is 27.3 Å². The Kier molecular flexibility index (Phi) is 7.03. The molecule has 0 aliphatic carbocycles. The van der Waals surface area contributed by atoms with Crippen LogP contribution < -0.4 is 5.14 Å². The molecule has 33 heavy (non-hydrogen) atoms. The fourth-order valence-electron chi connectivity index (χ4n) is 3.70. The van der Waals surface area contributed by atoms with E-state index in [-0.39, 0.29) is 29.5 Å². The summed E-state index contributed by atoms with van der Waals surface area (Å²) >= 11 is 6.17. The summed E-state index contributed by atoms with van der Waals surface area (Å²) in [4.78, 5) is 25.3. The first-order valence-electron chi connectivity index (χ1n) is 9.85. The van der Waals surface area contributed by atoms with Crippen molar-refractivity contribution in [2.45, 2.75) is 25.3 Å². The van der Waals surface area contributed by atoms with E-state index in [1.807, 2.05) is 18.4 Å². The zero-order chi connectivity index (χ0) is 24.5. The van der Waals surface area contributed by atoms with Crippen molar-refractivity contribution in [3.05, 3.63) is 86.2 Å². The van der Waals surface area contributed by atoms with Crippen molar-refractivity contribution in [1.82, 2.24) is 9.47 Å². The molecule has 0 bridgehead atoms. The van der Waals surface area contributed by atoms with Crippen LogP contribution in [0.15, 0.2) is 53.4 Å². The van der Waals surface area contributed by atoms with Crippen LogP contribution >= 0.6 is 11.6 Å². The van der Waals surface area contributed by atoms with Gasteiger partial charge in [0.25, 0.3) is 5.69 Å². The van der Waals surface area contributed by atoms with E-state index in [0.717, 1.165) is 5.69 Å². The number of nitrogens with two attached hydrogens (primary N) is 1. The molecule has 174 valence electrons. The number of nitro benzene ring substituents is 1. The lowest BCUT2D eigenvalue weighted by atomic mass is 10.1. The molecule has 0 spiro atoms. The van der Waals surface area contributed by atoms with E-state index in [4.69, 9.17) is 16.7 Å². The molecule has 0 saturated carbocycles. The molecule has 2 N–H and O–H groups in total. The van der Waals surface area contributed by atoms with E-state index in [2.05, 4.69) is 0 Å². The molecule has 3 aromatic rings. The molecule has 0 saturated heterocycles. The summed E-state index contributed by atoms with van der Waals surface area (Å²) in [6.07, 6.45) is 0. The van der Waals surface area contributed by atoms with E-state index in [1.54, 1.807) is 30.1 Å². The summed E-state index contributed by atoms with van der Waals surface area (Å²) in [5, 5.41) is 16.6. The van der Waals surface area contributed by atoms with Crippen molar-refractivity contribution in [2.24, 2.45) is 5.14 Å². The van der Waals surface area contributed by atoms with Crippen molar-refractivity contribution >= 4 is 33.1 Å². The number of non-ortho nitro benzene ring substituents is 1. The number of nitro groups is 1. The molecule has 2 aromatic carbocycles. The fourth-order valence-corrected chi connectivity index (χ4v) is 4.39. The molecule has 11 heteroatoms. The lowest BCUT2D eigenvalue weighted by Gasteiger charge is -2.17. The van der Waals surface area contributed by atoms with Crippen molar-refractivity contribution in [3.8, 4) is 5.69 Å². The minimum atomic E-state index is -3.80. The first-order chi connectivity index (χ1) is 15.4. The molecule has 0 aliphatic rings. The Balaban J connectivity index is 1.80. The van der Waals surface area contributed by atoms with Crippen molar-refractivity contribution in [3.63, 3.8) is 0 Å². The number of hydrogen-bond donors (Lipinski definition) is 1. The quantitative estimate of drug-likeness (QED) is 0.291. The van der Waals surface area contributed by atoms with E-state index >= 15 is 0 Å². The predicted molar refractivity (Wildman–Crippen MR) is 125 cm³/mol. The molecule has 0 aliphatic heterocycles. The Morgan fingerprint density at radius 1 is 1.15 bits per heavy atom. The zero-order valence-corrected chi connectivity index (χ0v) is 19.9. The Morgan fingerprint density at radius 3 is 2.36 bits per heavy atom. The number of sulfonamides is 1. The largest absolute Gasteiger partial charge is 0.318 e. The Hall–Kier alpha value is -3.05. The van der Waals surface area contributed by atoms with Gasteiger partial charge in [-0.2, -0.15) is 0 Å². The van der Waals surface area contributed by atoms with Crippen LogP contribution in [-0.2, 0) is 16.6 Å². The van der Waals surface area contributed by atoms with Gasteiger partial charge in [0.1, 0.15) is 0 Å². The molecular weight excluding hydrogens is 468 g/mol. The highest BCUT2D eigenvalue weighted by atomic mass is 35.5. The number of Topliss-reactive ketones (excluding diaryl/α,β-unsaturated/α-hetero) is 1. The maximum Gasteiger partial charge on any atom is 0.269 e. The van der Waals surface area contributed by atoms with E-state index in [1.165, 1.54) is 30.3 Å². The average molecular weight is 491 g/mol. The molecule has 0 unspecified atom stereocenters. The first-order valence-corrected chi connectivity index (χ1v) is 11.8. The number of benzene rings is 2. The van der Waals surface area contributed by atoms with Crippen LogP contribution in [0.5, 0.6) is 0 Å². The van der Waals surface area contributed by atoms with Crippen LogP contribution in [0.2, 0.25) is 5.02 Å². The first kappa shape index (κ1) is 24.6. The zero-order valence-electron chi connectivity index (χ0n) is 18.3. The van der Waals surface area contributed by atoms with Crippen molar-refractivity contribution in [1.29, 1.82) is 0 Å². The Morgan fingerprint density at radius 2 is 1.79 bits per heavy atom. The number of aromatic nitrogens is 1.